The summed E-state index contributed by atoms with van der Waals surface area (Å²) < 4.78 is 27.1. The molecule has 1 N–H and O–H groups in total. The summed E-state index contributed by atoms with van der Waals surface area (Å²) >= 11 is 0. The third kappa shape index (κ3) is 31.1. The van der Waals surface area contributed by atoms with E-state index >= 15 is 0 Å². The van der Waals surface area contributed by atoms with Gasteiger partial charge in [0.05, 0.1) is 46.2 Å². The van der Waals surface area contributed by atoms with Gasteiger partial charge in [-0.2, -0.15) is 0 Å². The number of unbranched alkanes of at least 4 members (excludes halogenated alkanes) is 12. The number of carbonyl (C=O) groups is 1. The molecule has 210 valence electrons. The Morgan fingerprint density at radius 1 is 0.543 bits per heavy atom. The molecule has 0 aromatic heterocycles. The summed E-state index contributed by atoms with van der Waals surface area (Å²) in [5, 5.41) is 2.65. The van der Waals surface area contributed by atoms with Crippen molar-refractivity contribution in [1.29, 1.82) is 0 Å². The van der Waals surface area contributed by atoms with E-state index in [4.69, 9.17) is 23.7 Å². The highest BCUT2D eigenvalue weighted by atomic mass is 16.6. The van der Waals surface area contributed by atoms with Crippen molar-refractivity contribution < 1.29 is 28.5 Å². The Hall–Kier alpha value is -0.890. The molecule has 0 heterocycles. The maximum atomic E-state index is 11.5. The zero-order valence-electron chi connectivity index (χ0n) is 23.5. The molecule has 1 amide bonds. The molecule has 0 atom stereocenters. The monoisotopic (exact) mass is 503 g/mol. The average molecular weight is 504 g/mol. The molecule has 7 heteroatoms. The quantitative estimate of drug-likeness (QED) is 0.133. The number of ether oxygens (including phenoxy) is 5. The minimum Gasteiger partial charge on any atom is -0.444 e. The predicted molar refractivity (Wildman–Crippen MR) is 143 cm³/mol. The van der Waals surface area contributed by atoms with Crippen molar-refractivity contribution in [2.45, 2.75) is 117 Å². The van der Waals surface area contributed by atoms with Crippen molar-refractivity contribution >= 4 is 6.09 Å². The Kier molecular flexibility index (Phi) is 25.5. The van der Waals surface area contributed by atoms with Crippen molar-refractivity contribution in [2.75, 3.05) is 59.4 Å². The topological polar surface area (TPSA) is 75.3 Å². The van der Waals surface area contributed by atoms with Gasteiger partial charge < -0.3 is 29.0 Å². The lowest BCUT2D eigenvalue weighted by Gasteiger charge is -2.19. The standard InChI is InChI=1S/C28H57NO6/c1-5-6-7-8-9-10-11-12-13-14-15-16-17-19-31-21-23-33-25-26-34-24-22-32-20-18-29-27(30)35-28(2,3)4/h5-26H2,1-4H3,(H,29,30). The van der Waals surface area contributed by atoms with Crippen LogP contribution < -0.4 is 5.32 Å². The van der Waals surface area contributed by atoms with Crippen molar-refractivity contribution in [3.05, 3.63) is 0 Å². The molecule has 0 rings (SSSR count). The highest BCUT2D eigenvalue weighted by molar-refractivity contribution is 5.67. The SMILES string of the molecule is CCCCCCCCCCCCCCCOCCOCCOCCOCCNC(=O)OC(C)(C)C. The van der Waals surface area contributed by atoms with Crippen LogP contribution in [0.5, 0.6) is 0 Å². The van der Waals surface area contributed by atoms with E-state index in [0.717, 1.165) is 13.0 Å². The maximum absolute atomic E-state index is 11.5. The van der Waals surface area contributed by atoms with Crippen molar-refractivity contribution in [3.8, 4) is 0 Å². The van der Waals surface area contributed by atoms with Crippen molar-refractivity contribution in [1.82, 2.24) is 5.32 Å². The second-order valence-electron chi connectivity index (χ2n) is 10.1. The van der Waals surface area contributed by atoms with E-state index in [1.807, 2.05) is 20.8 Å². The Bertz CT molecular complexity index is 442. The molecule has 0 radical (unpaired) electrons. The van der Waals surface area contributed by atoms with Crippen molar-refractivity contribution in [2.24, 2.45) is 0 Å². The van der Waals surface area contributed by atoms with Crippen LogP contribution >= 0.6 is 0 Å². The number of alkyl carbamates (subject to hydrolysis) is 1. The Morgan fingerprint density at radius 3 is 1.34 bits per heavy atom. The normalized spacial score (nSPS) is 11.7. The summed E-state index contributed by atoms with van der Waals surface area (Å²) in [4.78, 5) is 11.5. The third-order valence-electron chi connectivity index (χ3n) is 5.42. The first kappa shape index (κ1) is 34.1. The highest BCUT2D eigenvalue weighted by Gasteiger charge is 2.15. The molecule has 0 bridgehead atoms. The lowest BCUT2D eigenvalue weighted by Crippen LogP contribution is -2.34. The van der Waals surface area contributed by atoms with E-state index in [0.29, 0.717) is 52.8 Å². The van der Waals surface area contributed by atoms with Crippen LogP contribution in [0.1, 0.15) is 111 Å². The summed E-state index contributed by atoms with van der Waals surface area (Å²) in [7, 11) is 0. The van der Waals surface area contributed by atoms with Gasteiger partial charge in [-0.15, -0.1) is 0 Å². The van der Waals surface area contributed by atoms with Crippen LogP contribution in [0.4, 0.5) is 4.79 Å². The van der Waals surface area contributed by atoms with Gasteiger partial charge in [-0.1, -0.05) is 84.0 Å². The average Bonchev–Trinajstić information content (AvgIpc) is 2.80. The van der Waals surface area contributed by atoms with E-state index < -0.39 is 11.7 Å². The van der Waals surface area contributed by atoms with Gasteiger partial charge in [0, 0.05) is 13.2 Å². The zero-order valence-corrected chi connectivity index (χ0v) is 23.5. The Morgan fingerprint density at radius 2 is 0.914 bits per heavy atom. The van der Waals surface area contributed by atoms with Gasteiger partial charge in [0.15, 0.2) is 0 Å². The first-order valence-electron chi connectivity index (χ1n) is 14.2. The molecule has 0 saturated heterocycles. The molecule has 0 spiro atoms. The second-order valence-corrected chi connectivity index (χ2v) is 10.1. The molecular weight excluding hydrogens is 446 g/mol. The van der Waals surface area contributed by atoms with E-state index in [1.54, 1.807) is 0 Å². The van der Waals surface area contributed by atoms with Gasteiger partial charge in [-0.25, -0.2) is 4.79 Å². The van der Waals surface area contributed by atoms with Crippen LogP contribution in [0.2, 0.25) is 0 Å². The lowest BCUT2D eigenvalue weighted by molar-refractivity contribution is -0.00214. The van der Waals surface area contributed by atoms with E-state index in [1.165, 1.54) is 77.0 Å². The largest absolute Gasteiger partial charge is 0.444 e. The summed E-state index contributed by atoms with van der Waals surface area (Å²) in [6, 6.07) is 0. The third-order valence-corrected chi connectivity index (χ3v) is 5.42. The number of nitrogens with one attached hydrogen (secondary N) is 1. The molecule has 35 heavy (non-hydrogen) atoms. The molecule has 0 aliphatic heterocycles. The van der Waals surface area contributed by atoms with Crippen LogP contribution in [-0.2, 0) is 23.7 Å². The van der Waals surface area contributed by atoms with E-state index in [9.17, 15) is 4.79 Å². The van der Waals surface area contributed by atoms with Crippen LogP contribution in [0.15, 0.2) is 0 Å². The number of rotatable bonds is 26. The minimum atomic E-state index is -0.487. The molecule has 7 nitrogen and oxygen atoms in total. The lowest BCUT2D eigenvalue weighted by atomic mass is 10.0. The fourth-order valence-corrected chi connectivity index (χ4v) is 3.52. The Labute approximate surface area is 216 Å². The number of hydrogen-bond donors (Lipinski definition) is 1. The van der Waals surface area contributed by atoms with Gasteiger partial charge in [-0.05, 0) is 27.2 Å². The zero-order chi connectivity index (χ0) is 25.9. The van der Waals surface area contributed by atoms with Gasteiger partial charge in [0.1, 0.15) is 5.60 Å². The molecule has 0 saturated carbocycles. The van der Waals surface area contributed by atoms with Crippen LogP contribution in [0.25, 0.3) is 0 Å². The molecule has 0 aromatic rings. The molecule has 0 fully saturated rings. The molecular formula is C28H57NO6. The minimum absolute atomic E-state index is 0.414. The van der Waals surface area contributed by atoms with E-state index in [2.05, 4.69) is 12.2 Å². The molecule has 0 aliphatic carbocycles. The van der Waals surface area contributed by atoms with Crippen LogP contribution in [-0.4, -0.2) is 71.1 Å². The second kappa shape index (κ2) is 26.2. The summed E-state index contributed by atoms with van der Waals surface area (Å²) in [5.74, 6) is 0. The number of hydrogen-bond acceptors (Lipinski definition) is 6. The van der Waals surface area contributed by atoms with Gasteiger partial charge >= 0.3 is 6.09 Å². The smallest absolute Gasteiger partial charge is 0.407 e. The number of amides is 1. The fourth-order valence-electron chi connectivity index (χ4n) is 3.52. The maximum Gasteiger partial charge on any atom is 0.407 e. The first-order valence-corrected chi connectivity index (χ1v) is 14.2. The summed E-state index contributed by atoms with van der Waals surface area (Å²) in [5.41, 5.74) is -0.487. The van der Waals surface area contributed by atoms with Gasteiger partial charge in [-0.3, -0.25) is 0 Å². The van der Waals surface area contributed by atoms with Crippen LogP contribution in [0, 0.1) is 0 Å². The first-order chi connectivity index (χ1) is 17.0. The fraction of sp³-hybridized carbons (Fsp3) is 0.964. The molecule has 0 unspecified atom stereocenters. The molecule has 0 aliphatic rings. The van der Waals surface area contributed by atoms with Crippen molar-refractivity contribution in [3.63, 3.8) is 0 Å². The highest BCUT2D eigenvalue weighted by Crippen LogP contribution is 2.12. The summed E-state index contributed by atoms with van der Waals surface area (Å²) in [6.07, 6.45) is 17.4. The Balaban J connectivity index is 3.09. The van der Waals surface area contributed by atoms with E-state index in [-0.39, 0.29) is 0 Å². The summed E-state index contributed by atoms with van der Waals surface area (Å²) in [6.45, 7) is 12.8. The molecule has 0 aromatic carbocycles. The van der Waals surface area contributed by atoms with Crippen LogP contribution in [0.3, 0.4) is 0 Å². The number of carbonyl (C=O) groups excluding carboxylic acids is 1. The van der Waals surface area contributed by atoms with Gasteiger partial charge in [0.25, 0.3) is 0 Å². The predicted octanol–water partition coefficient (Wildman–Crippen LogP) is 6.67. The van der Waals surface area contributed by atoms with Gasteiger partial charge in [0.2, 0.25) is 0 Å².